The van der Waals surface area contributed by atoms with Gasteiger partial charge in [-0.2, -0.15) is 0 Å². The van der Waals surface area contributed by atoms with Gasteiger partial charge >= 0.3 is 0 Å². The summed E-state index contributed by atoms with van der Waals surface area (Å²) in [5, 5.41) is 0. The van der Waals surface area contributed by atoms with Crippen molar-refractivity contribution >= 4 is 0 Å². The quantitative estimate of drug-likeness (QED) is 0.907. The van der Waals surface area contributed by atoms with Crippen LogP contribution in [0.5, 0.6) is 5.75 Å². The van der Waals surface area contributed by atoms with E-state index in [9.17, 15) is 0 Å². The molecule has 1 aromatic carbocycles. The molecule has 3 nitrogen and oxygen atoms in total. The van der Waals surface area contributed by atoms with Gasteiger partial charge in [-0.25, -0.2) is 0 Å². The second-order valence-corrected chi connectivity index (χ2v) is 6.27. The third-order valence-electron chi connectivity index (χ3n) is 4.07. The maximum absolute atomic E-state index is 6.03. The Morgan fingerprint density at radius 1 is 1.42 bits per heavy atom. The number of rotatable bonds is 4. The molecule has 1 atom stereocenters. The van der Waals surface area contributed by atoms with E-state index in [-0.39, 0.29) is 0 Å². The van der Waals surface area contributed by atoms with E-state index in [0.717, 1.165) is 18.8 Å². The summed E-state index contributed by atoms with van der Waals surface area (Å²) >= 11 is 0. The predicted octanol–water partition coefficient (Wildman–Crippen LogP) is 2.82. The summed E-state index contributed by atoms with van der Waals surface area (Å²) < 4.78 is 5.32. The maximum atomic E-state index is 6.03. The molecule has 0 aromatic heterocycles. The van der Waals surface area contributed by atoms with Gasteiger partial charge in [0.05, 0.1) is 7.11 Å². The number of piperidine rings is 1. The van der Waals surface area contributed by atoms with Crippen LogP contribution in [0.1, 0.15) is 38.3 Å². The van der Waals surface area contributed by atoms with Crippen molar-refractivity contribution in [2.45, 2.75) is 32.7 Å². The molecule has 0 saturated carbocycles. The fourth-order valence-electron chi connectivity index (χ4n) is 3.08. The van der Waals surface area contributed by atoms with Gasteiger partial charge in [-0.1, -0.05) is 26.0 Å². The molecule has 3 heteroatoms. The number of nitrogens with zero attached hydrogens (tertiary/aromatic N) is 1. The minimum Gasteiger partial charge on any atom is -0.497 e. The van der Waals surface area contributed by atoms with E-state index in [2.05, 4.69) is 30.9 Å². The molecule has 1 unspecified atom stereocenters. The van der Waals surface area contributed by atoms with Crippen molar-refractivity contribution < 1.29 is 4.74 Å². The second-order valence-electron chi connectivity index (χ2n) is 6.27. The SMILES string of the molecule is COc1cccc(C(CN)N2CCCC(C)(C)C2)c1. The maximum Gasteiger partial charge on any atom is 0.119 e. The lowest BCUT2D eigenvalue weighted by Gasteiger charge is -2.42. The van der Waals surface area contributed by atoms with E-state index >= 15 is 0 Å². The van der Waals surface area contributed by atoms with Gasteiger partial charge < -0.3 is 10.5 Å². The number of methoxy groups -OCH3 is 1. The van der Waals surface area contributed by atoms with E-state index in [4.69, 9.17) is 10.5 Å². The van der Waals surface area contributed by atoms with Crippen LogP contribution in [0, 0.1) is 5.41 Å². The molecule has 1 aromatic rings. The second kappa shape index (κ2) is 5.93. The third kappa shape index (κ3) is 3.48. The van der Waals surface area contributed by atoms with E-state index < -0.39 is 0 Å². The van der Waals surface area contributed by atoms with Crippen molar-refractivity contribution in [1.82, 2.24) is 4.90 Å². The number of ether oxygens (including phenoxy) is 1. The van der Waals surface area contributed by atoms with Crippen molar-refractivity contribution in [3.63, 3.8) is 0 Å². The highest BCUT2D eigenvalue weighted by Gasteiger charge is 2.30. The minimum absolute atomic E-state index is 0.301. The Morgan fingerprint density at radius 2 is 2.21 bits per heavy atom. The Hall–Kier alpha value is -1.06. The highest BCUT2D eigenvalue weighted by molar-refractivity contribution is 5.31. The van der Waals surface area contributed by atoms with Crippen LogP contribution in [0.2, 0.25) is 0 Å². The lowest BCUT2D eigenvalue weighted by molar-refractivity contribution is 0.0806. The van der Waals surface area contributed by atoms with Crippen molar-refractivity contribution in [2.24, 2.45) is 11.1 Å². The first-order chi connectivity index (χ1) is 9.05. The zero-order valence-corrected chi connectivity index (χ0v) is 12.4. The van der Waals surface area contributed by atoms with E-state index in [1.807, 2.05) is 12.1 Å². The molecule has 2 rings (SSSR count). The van der Waals surface area contributed by atoms with Crippen molar-refractivity contribution in [2.75, 3.05) is 26.7 Å². The molecule has 1 fully saturated rings. The summed E-state index contributed by atoms with van der Waals surface area (Å²) in [5.74, 6) is 0.909. The van der Waals surface area contributed by atoms with Gasteiger partial charge in [-0.3, -0.25) is 4.90 Å². The summed E-state index contributed by atoms with van der Waals surface area (Å²) in [6.07, 6.45) is 2.56. The molecule has 1 aliphatic rings. The average molecular weight is 262 g/mol. The van der Waals surface area contributed by atoms with Gasteiger partial charge in [0.15, 0.2) is 0 Å². The molecule has 1 aliphatic heterocycles. The Balaban J connectivity index is 2.18. The number of likely N-dealkylation sites (tertiary alicyclic amines) is 1. The largest absolute Gasteiger partial charge is 0.497 e. The van der Waals surface area contributed by atoms with Gasteiger partial charge in [-0.15, -0.1) is 0 Å². The van der Waals surface area contributed by atoms with E-state index in [1.165, 1.54) is 18.4 Å². The summed E-state index contributed by atoms with van der Waals surface area (Å²) in [6, 6.07) is 8.60. The highest BCUT2D eigenvalue weighted by Crippen LogP contribution is 2.33. The first-order valence-corrected chi connectivity index (χ1v) is 7.14. The third-order valence-corrected chi connectivity index (χ3v) is 4.07. The molecule has 0 amide bonds. The van der Waals surface area contributed by atoms with Crippen LogP contribution in [0.25, 0.3) is 0 Å². The molecule has 0 spiro atoms. The van der Waals surface area contributed by atoms with Crippen molar-refractivity contribution in [3.8, 4) is 5.75 Å². The average Bonchev–Trinajstić information content (AvgIpc) is 2.39. The van der Waals surface area contributed by atoms with Crippen LogP contribution in [0.3, 0.4) is 0 Å². The standard InChI is InChI=1S/C16H26N2O/c1-16(2)8-5-9-18(12-16)15(11-17)13-6-4-7-14(10-13)19-3/h4,6-7,10,15H,5,8-9,11-12,17H2,1-3H3. The monoisotopic (exact) mass is 262 g/mol. The van der Waals surface area contributed by atoms with Gasteiger partial charge in [0.1, 0.15) is 5.75 Å². The molecular weight excluding hydrogens is 236 g/mol. The van der Waals surface area contributed by atoms with Crippen LogP contribution in [0.4, 0.5) is 0 Å². The Labute approximate surface area is 116 Å². The number of hydrogen-bond acceptors (Lipinski definition) is 3. The molecule has 1 saturated heterocycles. The normalized spacial score (nSPS) is 21.1. The number of nitrogens with two attached hydrogens (primary N) is 1. The van der Waals surface area contributed by atoms with E-state index in [0.29, 0.717) is 18.0 Å². The zero-order chi connectivity index (χ0) is 13.9. The van der Waals surface area contributed by atoms with Gasteiger partial charge in [0.25, 0.3) is 0 Å². The first-order valence-electron chi connectivity index (χ1n) is 7.14. The topological polar surface area (TPSA) is 38.5 Å². The highest BCUT2D eigenvalue weighted by atomic mass is 16.5. The Kier molecular flexibility index (Phi) is 4.48. The van der Waals surface area contributed by atoms with Crippen LogP contribution in [0.15, 0.2) is 24.3 Å². The summed E-state index contributed by atoms with van der Waals surface area (Å²) in [5.41, 5.74) is 7.69. The number of benzene rings is 1. The van der Waals surface area contributed by atoms with Gasteiger partial charge in [0.2, 0.25) is 0 Å². The fourth-order valence-corrected chi connectivity index (χ4v) is 3.08. The summed E-state index contributed by atoms with van der Waals surface area (Å²) in [6.45, 7) is 7.61. The molecule has 19 heavy (non-hydrogen) atoms. The lowest BCUT2D eigenvalue weighted by atomic mass is 9.83. The first kappa shape index (κ1) is 14.4. The molecule has 106 valence electrons. The Bertz CT molecular complexity index is 417. The van der Waals surface area contributed by atoms with Gasteiger partial charge in [0, 0.05) is 19.1 Å². The zero-order valence-electron chi connectivity index (χ0n) is 12.4. The van der Waals surface area contributed by atoms with Crippen LogP contribution in [-0.4, -0.2) is 31.6 Å². The van der Waals surface area contributed by atoms with E-state index in [1.54, 1.807) is 7.11 Å². The molecule has 0 radical (unpaired) electrons. The van der Waals surface area contributed by atoms with Crippen LogP contribution in [-0.2, 0) is 0 Å². The van der Waals surface area contributed by atoms with Crippen molar-refractivity contribution in [1.29, 1.82) is 0 Å². The van der Waals surface area contributed by atoms with Crippen LogP contribution >= 0.6 is 0 Å². The lowest BCUT2D eigenvalue weighted by Crippen LogP contribution is -2.44. The fraction of sp³-hybridized carbons (Fsp3) is 0.625. The van der Waals surface area contributed by atoms with Crippen molar-refractivity contribution in [3.05, 3.63) is 29.8 Å². The molecule has 1 heterocycles. The summed E-state index contributed by atoms with van der Waals surface area (Å²) in [7, 11) is 1.71. The minimum atomic E-state index is 0.301. The smallest absolute Gasteiger partial charge is 0.119 e. The molecular formula is C16H26N2O. The molecule has 0 bridgehead atoms. The van der Waals surface area contributed by atoms with Gasteiger partial charge in [-0.05, 0) is 42.5 Å². The molecule has 0 aliphatic carbocycles. The Morgan fingerprint density at radius 3 is 2.84 bits per heavy atom. The number of hydrogen-bond donors (Lipinski definition) is 1. The predicted molar refractivity (Wildman–Crippen MR) is 79.4 cm³/mol. The van der Waals surface area contributed by atoms with Crippen LogP contribution < -0.4 is 10.5 Å². The molecule has 2 N–H and O–H groups in total. The summed E-state index contributed by atoms with van der Waals surface area (Å²) in [4.78, 5) is 2.53.